The number of rotatable bonds is 2. The van der Waals surface area contributed by atoms with Crippen LogP contribution in [0.15, 0.2) is 24.3 Å². The molecule has 1 heterocycles. The number of piperazine rings is 1. The maximum Gasteiger partial charge on any atom is 0.0412 e. The molecule has 3 nitrogen and oxygen atoms in total. The van der Waals surface area contributed by atoms with Crippen LogP contribution in [0.5, 0.6) is 0 Å². The second kappa shape index (κ2) is 5.95. The molecule has 0 spiro atoms. The minimum absolute atomic E-state index is 0. The van der Waals surface area contributed by atoms with Gasteiger partial charge in [0.15, 0.2) is 0 Å². The summed E-state index contributed by atoms with van der Waals surface area (Å²) in [6.45, 7) is 4.92. The first-order valence-electron chi connectivity index (χ1n) is 5.15. The monoisotopic (exact) mass is 227 g/mol. The Kier molecular flexibility index (Phi) is 4.88. The number of nitrogens with one attached hydrogen (secondary N) is 1. The van der Waals surface area contributed by atoms with Crippen molar-refractivity contribution >= 4 is 18.1 Å². The highest BCUT2D eigenvalue weighted by Gasteiger charge is 2.12. The second-order valence-corrected chi connectivity index (χ2v) is 3.57. The van der Waals surface area contributed by atoms with E-state index in [4.69, 9.17) is 5.73 Å². The molecule has 0 aromatic heterocycles. The summed E-state index contributed by atoms with van der Waals surface area (Å²) in [5.74, 6) is 0. The van der Waals surface area contributed by atoms with Crippen molar-refractivity contribution in [1.29, 1.82) is 0 Å². The lowest BCUT2D eigenvalue weighted by atomic mass is 10.1. The van der Waals surface area contributed by atoms with E-state index in [1.165, 1.54) is 11.3 Å². The van der Waals surface area contributed by atoms with Gasteiger partial charge in [0, 0.05) is 38.4 Å². The first-order valence-corrected chi connectivity index (χ1v) is 5.15. The SMILES string of the molecule is Cl.NCc1ccccc1N1CCNCC1. The van der Waals surface area contributed by atoms with E-state index >= 15 is 0 Å². The Morgan fingerprint density at radius 2 is 1.87 bits per heavy atom. The normalized spacial score (nSPS) is 15.9. The van der Waals surface area contributed by atoms with Gasteiger partial charge in [-0.05, 0) is 11.6 Å². The van der Waals surface area contributed by atoms with Gasteiger partial charge in [-0.15, -0.1) is 12.4 Å². The molecule has 4 heteroatoms. The van der Waals surface area contributed by atoms with Crippen molar-refractivity contribution < 1.29 is 0 Å². The van der Waals surface area contributed by atoms with Crippen LogP contribution in [0.1, 0.15) is 5.56 Å². The summed E-state index contributed by atoms with van der Waals surface area (Å²) in [5.41, 5.74) is 8.26. The molecule has 0 radical (unpaired) electrons. The summed E-state index contributed by atoms with van der Waals surface area (Å²) in [7, 11) is 0. The zero-order chi connectivity index (χ0) is 9.80. The lowest BCUT2D eigenvalue weighted by molar-refractivity contribution is 0.588. The zero-order valence-electron chi connectivity index (χ0n) is 8.78. The largest absolute Gasteiger partial charge is 0.369 e. The van der Waals surface area contributed by atoms with Crippen LogP contribution >= 0.6 is 12.4 Å². The van der Waals surface area contributed by atoms with E-state index in [1.807, 2.05) is 6.07 Å². The van der Waals surface area contributed by atoms with Crippen LogP contribution in [0.3, 0.4) is 0 Å². The molecule has 15 heavy (non-hydrogen) atoms. The minimum Gasteiger partial charge on any atom is -0.369 e. The number of nitrogens with two attached hydrogens (primary N) is 1. The summed E-state index contributed by atoms with van der Waals surface area (Å²) in [5, 5.41) is 3.35. The van der Waals surface area contributed by atoms with Crippen molar-refractivity contribution in [3.63, 3.8) is 0 Å². The molecule has 0 unspecified atom stereocenters. The number of nitrogens with zero attached hydrogens (tertiary/aromatic N) is 1. The summed E-state index contributed by atoms with van der Waals surface area (Å²) in [6, 6.07) is 8.40. The van der Waals surface area contributed by atoms with Crippen molar-refractivity contribution in [1.82, 2.24) is 5.32 Å². The van der Waals surface area contributed by atoms with E-state index in [9.17, 15) is 0 Å². The molecule has 0 amide bonds. The molecule has 84 valence electrons. The standard InChI is InChI=1S/C11H17N3.ClH/c12-9-10-3-1-2-4-11(10)14-7-5-13-6-8-14;/h1-4,13H,5-9,12H2;1H. The predicted molar refractivity (Wildman–Crippen MR) is 66.7 cm³/mol. The van der Waals surface area contributed by atoms with Crippen LogP contribution in [-0.2, 0) is 6.54 Å². The topological polar surface area (TPSA) is 41.3 Å². The molecule has 0 bridgehead atoms. The molecular weight excluding hydrogens is 210 g/mol. The molecule has 1 aliphatic heterocycles. The van der Waals surface area contributed by atoms with Crippen LogP contribution in [-0.4, -0.2) is 26.2 Å². The number of anilines is 1. The van der Waals surface area contributed by atoms with Crippen LogP contribution < -0.4 is 16.0 Å². The Labute approximate surface area is 97.1 Å². The van der Waals surface area contributed by atoms with Crippen LogP contribution in [0.25, 0.3) is 0 Å². The highest BCUT2D eigenvalue weighted by Crippen LogP contribution is 2.19. The zero-order valence-corrected chi connectivity index (χ0v) is 9.59. The third-order valence-corrected chi connectivity index (χ3v) is 2.67. The summed E-state index contributed by atoms with van der Waals surface area (Å²) < 4.78 is 0. The molecule has 1 fully saturated rings. The van der Waals surface area contributed by atoms with E-state index in [0.29, 0.717) is 6.54 Å². The van der Waals surface area contributed by atoms with Crippen molar-refractivity contribution in [3.8, 4) is 0 Å². The van der Waals surface area contributed by atoms with Gasteiger partial charge in [0.05, 0.1) is 0 Å². The minimum atomic E-state index is 0. The van der Waals surface area contributed by atoms with Crippen molar-refractivity contribution in [2.75, 3.05) is 31.1 Å². The predicted octanol–water partition coefficient (Wildman–Crippen LogP) is 0.977. The van der Waals surface area contributed by atoms with Crippen molar-refractivity contribution in [2.45, 2.75) is 6.54 Å². The summed E-state index contributed by atoms with van der Waals surface area (Å²) >= 11 is 0. The first kappa shape index (κ1) is 12.3. The van der Waals surface area contributed by atoms with E-state index in [1.54, 1.807) is 0 Å². The molecule has 1 aliphatic rings. The number of halogens is 1. The third kappa shape index (κ3) is 2.84. The van der Waals surface area contributed by atoms with Gasteiger partial charge < -0.3 is 16.0 Å². The third-order valence-electron chi connectivity index (χ3n) is 2.67. The lowest BCUT2D eigenvalue weighted by Crippen LogP contribution is -2.43. The van der Waals surface area contributed by atoms with Gasteiger partial charge in [-0.3, -0.25) is 0 Å². The van der Waals surface area contributed by atoms with Gasteiger partial charge >= 0.3 is 0 Å². The summed E-state index contributed by atoms with van der Waals surface area (Å²) in [4.78, 5) is 2.40. The Hall–Kier alpha value is -0.770. The van der Waals surface area contributed by atoms with E-state index < -0.39 is 0 Å². The van der Waals surface area contributed by atoms with Gasteiger partial charge in [-0.1, -0.05) is 18.2 Å². The highest BCUT2D eigenvalue weighted by molar-refractivity contribution is 5.85. The lowest BCUT2D eigenvalue weighted by Gasteiger charge is -2.30. The molecule has 2 rings (SSSR count). The average molecular weight is 228 g/mol. The Balaban J connectivity index is 0.00000112. The number of para-hydroxylation sites is 1. The smallest absolute Gasteiger partial charge is 0.0412 e. The fourth-order valence-electron chi connectivity index (χ4n) is 1.90. The van der Waals surface area contributed by atoms with Gasteiger partial charge in [0.25, 0.3) is 0 Å². The van der Waals surface area contributed by atoms with Crippen molar-refractivity contribution in [3.05, 3.63) is 29.8 Å². The maximum absolute atomic E-state index is 5.72. The Bertz CT molecular complexity index is 298. The van der Waals surface area contributed by atoms with Gasteiger partial charge in [-0.25, -0.2) is 0 Å². The molecule has 1 aromatic carbocycles. The van der Waals surface area contributed by atoms with Gasteiger partial charge in [0.2, 0.25) is 0 Å². The summed E-state index contributed by atoms with van der Waals surface area (Å²) in [6.07, 6.45) is 0. The maximum atomic E-state index is 5.72. The molecule has 0 atom stereocenters. The molecule has 0 saturated carbocycles. The molecular formula is C11H18ClN3. The van der Waals surface area contributed by atoms with Gasteiger partial charge in [-0.2, -0.15) is 0 Å². The molecule has 1 saturated heterocycles. The van der Waals surface area contributed by atoms with E-state index in [-0.39, 0.29) is 12.4 Å². The first-order chi connectivity index (χ1) is 6.92. The molecule has 0 aliphatic carbocycles. The fourth-order valence-corrected chi connectivity index (χ4v) is 1.90. The van der Waals surface area contributed by atoms with Gasteiger partial charge in [0.1, 0.15) is 0 Å². The Morgan fingerprint density at radius 1 is 1.20 bits per heavy atom. The number of hydrogen-bond acceptors (Lipinski definition) is 3. The quantitative estimate of drug-likeness (QED) is 0.792. The van der Waals surface area contributed by atoms with Crippen LogP contribution in [0.2, 0.25) is 0 Å². The van der Waals surface area contributed by atoms with Crippen molar-refractivity contribution in [2.24, 2.45) is 5.73 Å². The molecule has 1 aromatic rings. The fraction of sp³-hybridized carbons (Fsp3) is 0.455. The second-order valence-electron chi connectivity index (χ2n) is 3.57. The Morgan fingerprint density at radius 3 is 2.53 bits per heavy atom. The van der Waals surface area contributed by atoms with E-state index in [0.717, 1.165) is 26.2 Å². The van der Waals surface area contributed by atoms with Crippen LogP contribution in [0, 0.1) is 0 Å². The van der Waals surface area contributed by atoms with E-state index in [2.05, 4.69) is 28.4 Å². The molecule has 3 N–H and O–H groups in total. The number of benzene rings is 1. The van der Waals surface area contributed by atoms with Crippen LogP contribution in [0.4, 0.5) is 5.69 Å². The highest BCUT2D eigenvalue weighted by atomic mass is 35.5. The average Bonchev–Trinajstić information content (AvgIpc) is 2.30. The number of hydrogen-bond donors (Lipinski definition) is 2.